The first kappa shape index (κ1) is 13.7. The van der Waals surface area contributed by atoms with E-state index in [1.165, 1.54) is 12.1 Å². The summed E-state index contributed by atoms with van der Waals surface area (Å²) in [6.07, 6.45) is 3.55. The molecule has 0 fully saturated rings. The smallest absolute Gasteiger partial charge is 0.131 e. The predicted octanol–water partition coefficient (Wildman–Crippen LogP) is 3.31. The van der Waals surface area contributed by atoms with Crippen LogP contribution in [0.4, 0.5) is 8.78 Å². The van der Waals surface area contributed by atoms with Gasteiger partial charge in [-0.25, -0.2) is 13.3 Å². The average molecular weight is 287 g/mol. The highest BCUT2D eigenvalue weighted by Crippen LogP contribution is 2.27. The molecular weight excluding hydrogens is 272 g/mol. The first-order chi connectivity index (χ1) is 10.2. The summed E-state index contributed by atoms with van der Waals surface area (Å²) >= 11 is 0. The molecule has 0 aliphatic rings. The Labute approximate surface area is 121 Å². The molecule has 3 aromatic rings. The van der Waals surface area contributed by atoms with Crippen LogP contribution in [0.25, 0.3) is 5.52 Å². The Morgan fingerprint density at radius 3 is 2.81 bits per heavy atom. The Balaban J connectivity index is 2.13. The monoisotopic (exact) mass is 287 g/mol. The Bertz CT molecular complexity index is 767. The zero-order valence-electron chi connectivity index (χ0n) is 11.6. The van der Waals surface area contributed by atoms with Gasteiger partial charge >= 0.3 is 0 Å². The second-order valence-corrected chi connectivity index (χ2v) is 4.79. The van der Waals surface area contributed by atoms with Crippen LogP contribution in [0.3, 0.4) is 0 Å². The molecule has 0 spiro atoms. The van der Waals surface area contributed by atoms with E-state index in [2.05, 4.69) is 10.4 Å². The highest BCUT2D eigenvalue weighted by Gasteiger charge is 2.20. The molecule has 21 heavy (non-hydrogen) atoms. The van der Waals surface area contributed by atoms with Crippen LogP contribution in [0.15, 0.2) is 48.8 Å². The Hall–Kier alpha value is -2.27. The number of hydrogen-bond donors (Lipinski definition) is 1. The molecule has 0 saturated heterocycles. The summed E-state index contributed by atoms with van der Waals surface area (Å²) < 4.78 is 29.0. The van der Waals surface area contributed by atoms with Crippen molar-refractivity contribution in [2.45, 2.75) is 13.0 Å². The zero-order chi connectivity index (χ0) is 14.8. The molecule has 0 aliphatic carbocycles. The largest absolute Gasteiger partial charge is 0.306 e. The van der Waals surface area contributed by atoms with E-state index in [0.717, 1.165) is 17.1 Å². The van der Waals surface area contributed by atoms with Crippen molar-refractivity contribution in [2.75, 3.05) is 6.54 Å². The van der Waals surface area contributed by atoms with E-state index in [1.54, 1.807) is 10.7 Å². The normalized spacial score (nSPS) is 12.7. The van der Waals surface area contributed by atoms with Gasteiger partial charge in [-0.15, -0.1) is 0 Å². The summed E-state index contributed by atoms with van der Waals surface area (Å²) in [4.78, 5) is 0. The van der Waals surface area contributed by atoms with Gasteiger partial charge in [-0.3, -0.25) is 0 Å². The number of nitrogens with zero attached hydrogens (tertiary/aromatic N) is 2. The number of aromatic nitrogens is 2. The van der Waals surface area contributed by atoms with Gasteiger partial charge in [0, 0.05) is 23.4 Å². The summed E-state index contributed by atoms with van der Waals surface area (Å²) in [5.74, 6) is -1.14. The topological polar surface area (TPSA) is 29.3 Å². The van der Waals surface area contributed by atoms with Crippen molar-refractivity contribution in [3.8, 4) is 0 Å². The standard InChI is InChI=1S/C16H15F2N3/c1-2-19-16(12-7-6-11(17)9-14(12)18)13-10-20-21-8-4-3-5-15(13)21/h3-10,16,19H,2H2,1H3. The molecule has 3 rings (SSSR count). The van der Waals surface area contributed by atoms with Gasteiger partial charge in [0.15, 0.2) is 0 Å². The molecule has 5 heteroatoms. The quantitative estimate of drug-likeness (QED) is 0.797. The molecule has 1 aromatic carbocycles. The first-order valence-electron chi connectivity index (χ1n) is 6.81. The van der Waals surface area contributed by atoms with E-state index in [4.69, 9.17) is 0 Å². The fourth-order valence-electron chi connectivity index (χ4n) is 2.50. The molecule has 2 aromatic heterocycles. The van der Waals surface area contributed by atoms with Crippen LogP contribution < -0.4 is 5.32 Å². The molecule has 0 aliphatic heterocycles. The van der Waals surface area contributed by atoms with Crippen LogP contribution in [-0.2, 0) is 0 Å². The van der Waals surface area contributed by atoms with Crippen LogP contribution in [0, 0.1) is 11.6 Å². The minimum Gasteiger partial charge on any atom is -0.306 e. The summed E-state index contributed by atoms with van der Waals surface area (Å²) in [5, 5.41) is 7.51. The Morgan fingerprint density at radius 2 is 2.05 bits per heavy atom. The lowest BCUT2D eigenvalue weighted by Gasteiger charge is -2.18. The van der Waals surface area contributed by atoms with Crippen LogP contribution >= 0.6 is 0 Å². The van der Waals surface area contributed by atoms with Gasteiger partial charge in [0.25, 0.3) is 0 Å². The third-order valence-corrected chi connectivity index (χ3v) is 3.45. The molecule has 0 saturated carbocycles. The van der Waals surface area contributed by atoms with Crippen molar-refractivity contribution in [3.05, 3.63) is 71.6 Å². The summed E-state index contributed by atoms with van der Waals surface area (Å²) in [7, 11) is 0. The number of hydrogen-bond acceptors (Lipinski definition) is 2. The SMILES string of the molecule is CCNC(c1ccc(F)cc1F)c1cnn2ccccc12. The fourth-order valence-corrected chi connectivity index (χ4v) is 2.50. The van der Waals surface area contributed by atoms with Crippen LogP contribution in [0.5, 0.6) is 0 Å². The number of rotatable bonds is 4. The van der Waals surface area contributed by atoms with Gasteiger partial charge in [0.2, 0.25) is 0 Å². The van der Waals surface area contributed by atoms with Crippen molar-refractivity contribution in [1.82, 2.24) is 14.9 Å². The van der Waals surface area contributed by atoms with Gasteiger partial charge < -0.3 is 5.32 Å². The fraction of sp³-hybridized carbons (Fsp3) is 0.188. The van der Waals surface area contributed by atoms with Crippen molar-refractivity contribution >= 4 is 5.52 Å². The van der Waals surface area contributed by atoms with E-state index in [1.807, 2.05) is 31.3 Å². The van der Waals surface area contributed by atoms with Crippen molar-refractivity contribution in [2.24, 2.45) is 0 Å². The number of benzene rings is 1. The zero-order valence-corrected chi connectivity index (χ0v) is 11.6. The lowest BCUT2D eigenvalue weighted by Crippen LogP contribution is -2.23. The van der Waals surface area contributed by atoms with Crippen molar-refractivity contribution in [1.29, 1.82) is 0 Å². The number of fused-ring (bicyclic) bond motifs is 1. The molecule has 0 bridgehead atoms. The molecule has 3 nitrogen and oxygen atoms in total. The van der Waals surface area contributed by atoms with Crippen molar-refractivity contribution in [3.63, 3.8) is 0 Å². The number of halogens is 2. The highest BCUT2D eigenvalue weighted by molar-refractivity contribution is 5.57. The third-order valence-electron chi connectivity index (χ3n) is 3.45. The molecule has 0 radical (unpaired) electrons. The second-order valence-electron chi connectivity index (χ2n) is 4.79. The Kier molecular flexibility index (Phi) is 3.66. The summed E-state index contributed by atoms with van der Waals surface area (Å²) in [6, 6.07) is 9.00. The van der Waals surface area contributed by atoms with Gasteiger partial charge in [-0.2, -0.15) is 5.10 Å². The summed E-state index contributed by atoms with van der Waals surface area (Å²) in [6.45, 7) is 2.60. The molecule has 108 valence electrons. The minimum atomic E-state index is -0.577. The maximum absolute atomic E-state index is 14.1. The molecule has 1 unspecified atom stereocenters. The van der Waals surface area contributed by atoms with Crippen LogP contribution in [0.2, 0.25) is 0 Å². The predicted molar refractivity (Wildman–Crippen MR) is 77.1 cm³/mol. The molecular formula is C16H15F2N3. The second kappa shape index (κ2) is 5.61. The van der Waals surface area contributed by atoms with Gasteiger partial charge in [0.05, 0.1) is 17.8 Å². The van der Waals surface area contributed by atoms with Gasteiger partial charge in [0.1, 0.15) is 11.6 Å². The maximum Gasteiger partial charge on any atom is 0.131 e. The van der Waals surface area contributed by atoms with E-state index in [0.29, 0.717) is 12.1 Å². The van der Waals surface area contributed by atoms with E-state index < -0.39 is 11.6 Å². The number of pyridine rings is 1. The summed E-state index contributed by atoms with van der Waals surface area (Å²) in [5.41, 5.74) is 2.17. The Morgan fingerprint density at radius 1 is 1.19 bits per heavy atom. The highest BCUT2D eigenvalue weighted by atomic mass is 19.1. The average Bonchev–Trinajstić information content (AvgIpc) is 2.89. The minimum absolute atomic E-state index is 0.365. The third kappa shape index (κ3) is 2.52. The van der Waals surface area contributed by atoms with E-state index in [9.17, 15) is 8.78 Å². The van der Waals surface area contributed by atoms with Crippen molar-refractivity contribution < 1.29 is 8.78 Å². The van der Waals surface area contributed by atoms with E-state index in [-0.39, 0.29) is 6.04 Å². The number of nitrogens with one attached hydrogen (secondary N) is 1. The maximum atomic E-state index is 14.1. The molecule has 0 amide bonds. The molecule has 1 N–H and O–H groups in total. The van der Waals surface area contributed by atoms with Gasteiger partial charge in [-0.1, -0.05) is 19.1 Å². The van der Waals surface area contributed by atoms with Crippen LogP contribution in [0.1, 0.15) is 24.1 Å². The van der Waals surface area contributed by atoms with Crippen LogP contribution in [-0.4, -0.2) is 16.2 Å². The lowest BCUT2D eigenvalue weighted by molar-refractivity contribution is 0.542. The van der Waals surface area contributed by atoms with E-state index >= 15 is 0 Å². The molecule has 2 heterocycles. The first-order valence-corrected chi connectivity index (χ1v) is 6.81. The van der Waals surface area contributed by atoms with Gasteiger partial charge in [-0.05, 0) is 24.7 Å². The lowest BCUT2D eigenvalue weighted by atomic mass is 9.99. The molecule has 1 atom stereocenters.